The van der Waals surface area contributed by atoms with Gasteiger partial charge in [-0.1, -0.05) is 56.0 Å². The monoisotopic (exact) mass is 521 g/mol. The molecule has 3 rings (SSSR count). The minimum atomic E-state index is -4.79. The van der Waals surface area contributed by atoms with Crippen molar-refractivity contribution >= 4 is 11.9 Å². The number of nitrogens with zero attached hydrogens (tertiary/aromatic N) is 1. The molecule has 0 bridgehead atoms. The van der Waals surface area contributed by atoms with Crippen LogP contribution in [-0.2, 0) is 16.0 Å². The summed E-state index contributed by atoms with van der Waals surface area (Å²) in [5.74, 6) is -1.83. The first-order valence-electron chi connectivity index (χ1n) is 11.4. The van der Waals surface area contributed by atoms with Crippen molar-refractivity contribution < 1.29 is 32.3 Å². The SMILES string of the molecule is C.CC(C)(F)C[C@H](N[C@@H](c1ccc(-c2ccc(CC(=O)O)cc2)cc1)C(F)(F)F)C(=O)NC1(C#N)CC1. The first-order chi connectivity index (χ1) is 16.7. The summed E-state index contributed by atoms with van der Waals surface area (Å²) in [5.41, 5.74) is -1.31. The first kappa shape index (κ1) is 29.8. The Morgan fingerprint density at radius 1 is 1.03 bits per heavy atom. The molecule has 3 N–H and O–H groups in total. The van der Waals surface area contributed by atoms with Crippen LogP contribution in [-0.4, -0.2) is 40.4 Å². The molecule has 0 unspecified atom stereocenters. The van der Waals surface area contributed by atoms with E-state index in [0.717, 1.165) is 0 Å². The van der Waals surface area contributed by atoms with Crippen LogP contribution < -0.4 is 10.6 Å². The van der Waals surface area contributed by atoms with Crippen LogP contribution in [0.5, 0.6) is 0 Å². The summed E-state index contributed by atoms with van der Waals surface area (Å²) < 4.78 is 56.6. The highest BCUT2D eigenvalue weighted by atomic mass is 19.4. The number of nitriles is 1. The molecule has 2 aromatic carbocycles. The lowest BCUT2D eigenvalue weighted by Gasteiger charge is -2.30. The zero-order valence-electron chi connectivity index (χ0n) is 19.8. The van der Waals surface area contributed by atoms with E-state index in [1.807, 2.05) is 6.07 Å². The van der Waals surface area contributed by atoms with Gasteiger partial charge in [-0.15, -0.1) is 0 Å². The molecule has 0 saturated heterocycles. The third-order valence-electron chi connectivity index (χ3n) is 5.91. The van der Waals surface area contributed by atoms with E-state index in [1.54, 1.807) is 24.3 Å². The molecular weight excluding hydrogens is 490 g/mol. The highest BCUT2D eigenvalue weighted by Gasteiger charge is 2.48. The van der Waals surface area contributed by atoms with E-state index in [-0.39, 0.29) is 19.4 Å². The van der Waals surface area contributed by atoms with Crippen LogP contribution in [0.1, 0.15) is 57.7 Å². The number of carboxylic acids is 1. The zero-order valence-corrected chi connectivity index (χ0v) is 19.8. The van der Waals surface area contributed by atoms with E-state index in [4.69, 9.17) is 5.11 Å². The van der Waals surface area contributed by atoms with Gasteiger partial charge < -0.3 is 10.4 Å². The molecule has 10 heteroatoms. The van der Waals surface area contributed by atoms with Gasteiger partial charge in [-0.2, -0.15) is 18.4 Å². The maximum Gasteiger partial charge on any atom is 0.407 e. The molecule has 6 nitrogen and oxygen atoms in total. The summed E-state index contributed by atoms with van der Waals surface area (Å²) in [6.07, 6.45) is -4.66. The number of hydrogen-bond acceptors (Lipinski definition) is 4. The molecule has 0 radical (unpaired) electrons. The second-order valence-electron chi connectivity index (χ2n) is 9.69. The number of nitrogens with one attached hydrogen (secondary N) is 2. The molecule has 1 fully saturated rings. The van der Waals surface area contributed by atoms with Gasteiger partial charge in [0.15, 0.2) is 0 Å². The van der Waals surface area contributed by atoms with E-state index in [9.17, 15) is 32.4 Å². The van der Waals surface area contributed by atoms with Crippen molar-refractivity contribution in [1.29, 1.82) is 5.26 Å². The van der Waals surface area contributed by atoms with Crippen molar-refractivity contribution in [2.75, 3.05) is 0 Å². The molecule has 1 aliphatic rings. The number of amides is 1. The topological polar surface area (TPSA) is 102 Å². The van der Waals surface area contributed by atoms with Gasteiger partial charge in [0.25, 0.3) is 0 Å². The number of alkyl halides is 4. The number of carbonyl (C=O) groups is 2. The standard InChI is InChI=1S/C26H27F4N3O3.CH4/c1-24(2,27)14-20(23(36)33-25(15-31)11-12-25)32-22(26(28,29)30)19-9-7-18(8-10-19)17-5-3-16(4-6-17)13-21(34)35;/h3-10,20,22,32H,11-14H2,1-2H3,(H,33,36)(H,34,35);1H4/t20-,22-;/m0./s1. The summed E-state index contributed by atoms with van der Waals surface area (Å²) in [6.45, 7) is 2.34. The number of rotatable bonds is 10. The molecule has 2 aromatic rings. The van der Waals surface area contributed by atoms with Gasteiger partial charge in [0.1, 0.15) is 17.2 Å². The van der Waals surface area contributed by atoms with Gasteiger partial charge in [0.05, 0.1) is 18.5 Å². The Hall–Kier alpha value is -3.45. The van der Waals surface area contributed by atoms with E-state index in [2.05, 4.69) is 10.6 Å². The van der Waals surface area contributed by atoms with E-state index >= 15 is 0 Å². The number of carbonyl (C=O) groups excluding carboxylic acids is 1. The fourth-order valence-electron chi connectivity index (χ4n) is 3.86. The number of carboxylic acid groups (broad SMARTS) is 1. The van der Waals surface area contributed by atoms with Crippen molar-refractivity contribution in [2.45, 2.75) is 76.4 Å². The first-order valence-corrected chi connectivity index (χ1v) is 11.4. The molecule has 0 aromatic heterocycles. The van der Waals surface area contributed by atoms with Gasteiger partial charge in [-0.05, 0) is 48.9 Å². The molecule has 37 heavy (non-hydrogen) atoms. The minimum Gasteiger partial charge on any atom is -0.481 e. The number of halogens is 4. The normalized spacial score (nSPS) is 16.0. The van der Waals surface area contributed by atoms with Crippen molar-refractivity contribution in [1.82, 2.24) is 10.6 Å². The smallest absolute Gasteiger partial charge is 0.407 e. The average molecular weight is 522 g/mol. The maximum atomic E-state index is 14.4. The van der Waals surface area contributed by atoms with Crippen LogP contribution in [0.2, 0.25) is 0 Å². The minimum absolute atomic E-state index is 0. The van der Waals surface area contributed by atoms with E-state index < -0.39 is 47.8 Å². The second-order valence-corrected chi connectivity index (χ2v) is 9.69. The lowest BCUT2D eigenvalue weighted by molar-refractivity contribution is -0.161. The van der Waals surface area contributed by atoms with Crippen LogP contribution in [0, 0.1) is 11.3 Å². The van der Waals surface area contributed by atoms with Crippen LogP contribution in [0.3, 0.4) is 0 Å². The Kier molecular flexibility index (Phi) is 9.09. The molecule has 0 heterocycles. The fraction of sp³-hybridized carbons (Fsp3) is 0.444. The Labute approximate surface area is 213 Å². The number of aliphatic carboxylic acids is 1. The summed E-state index contributed by atoms with van der Waals surface area (Å²) in [7, 11) is 0. The highest BCUT2D eigenvalue weighted by molar-refractivity contribution is 5.83. The predicted octanol–water partition coefficient (Wildman–Crippen LogP) is 5.49. The number of benzene rings is 2. The average Bonchev–Trinajstić information content (AvgIpc) is 3.55. The Morgan fingerprint density at radius 3 is 1.95 bits per heavy atom. The maximum absolute atomic E-state index is 14.4. The summed E-state index contributed by atoms with van der Waals surface area (Å²) in [5, 5.41) is 22.8. The summed E-state index contributed by atoms with van der Waals surface area (Å²) >= 11 is 0. The molecule has 1 amide bonds. The van der Waals surface area contributed by atoms with Crippen molar-refractivity contribution in [3.05, 3.63) is 59.7 Å². The molecular formula is C27H31F4N3O3. The van der Waals surface area contributed by atoms with Crippen LogP contribution >= 0.6 is 0 Å². The fourth-order valence-corrected chi connectivity index (χ4v) is 3.86. The predicted molar refractivity (Wildman–Crippen MR) is 131 cm³/mol. The van der Waals surface area contributed by atoms with Crippen molar-refractivity contribution in [3.8, 4) is 17.2 Å². The molecule has 0 spiro atoms. The second kappa shape index (κ2) is 11.3. The number of hydrogen-bond donors (Lipinski definition) is 3. The van der Waals surface area contributed by atoms with Gasteiger partial charge >= 0.3 is 12.1 Å². The zero-order chi connectivity index (χ0) is 26.7. The molecule has 1 aliphatic carbocycles. The molecule has 1 saturated carbocycles. The molecule has 2 atom stereocenters. The van der Waals surface area contributed by atoms with Crippen molar-refractivity contribution in [2.24, 2.45) is 0 Å². The van der Waals surface area contributed by atoms with E-state index in [1.165, 1.54) is 38.1 Å². The molecule has 200 valence electrons. The highest BCUT2D eigenvalue weighted by Crippen LogP contribution is 2.37. The van der Waals surface area contributed by atoms with Crippen molar-refractivity contribution in [3.63, 3.8) is 0 Å². The lowest BCUT2D eigenvalue weighted by Crippen LogP contribution is -2.53. The van der Waals surface area contributed by atoms with Gasteiger partial charge in [-0.3, -0.25) is 14.9 Å². The van der Waals surface area contributed by atoms with Gasteiger partial charge in [0.2, 0.25) is 5.91 Å². The Balaban J connectivity index is 0.00000481. The lowest BCUT2D eigenvalue weighted by atomic mass is 9.96. The third kappa shape index (κ3) is 8.29. The quantitative estimate of drug-likeness (QED) is 0.359. The Morgan fingerprint density at radius 2 is 1.54 bits per heavy atom. The third-order valence-corrected chi connectivity index (χ3v) is 5.91. The van der Waals surface area contributed by atoms with Crippen LogP contribution in [0.4, 0.5) is 17.6 Å². The van der Waals surface area contributed by atoms with Crippen LogP contribution in [0.25, 0.3) is 11.1 Å². The summed E-state index contributed by atoms with van der Waals surface area (Å²) in [6, 6.07) is 10.3. The van der Waals surface area contributed by atoms with E-state index in [0.29, 0.717) is 29.5 Å². The summed E-state index contributed by atoms with van der Waals surface area (Å²) in [4.78, 5) is 23.6. The molecule has 0 aliphatic heterocycles. The van der Waals surface area contributed by atoms with Gasteiger partial charge in [0, 0.05) is 6.42 Å². The van der Waals surface area contributed by atoms with Crippen LogP contribution in [0.15, 0.2) is 48.5 Å². The Bertz CT molecular complexity index is 1130. The van der Waals surface area contributed by atoms with Gasteiger partial charge in [-0.25, -0.2) is 4.39 Å². The largest absolute Gasteiger partial charge is 0.481 e.